The Kier molecular flexibility index (Phi) is 5.38. The molecule has 1 atom stereocenters. The van der Waals surface area contributed by atoms with E-state index >= 15 is 0 Å². The lowest BCUT2D eigenvalue weighted by Gasteiger charge is -2.34. The van der Waals surface area contributed by atoms with Crippen LogP contribution in [0.25, 0.3) is 0 Å². The summed E-state index contributed by atoms with van der Waals surface area (Å²) in [7, 11) is 0. The Labute approximate surface area is 128 Å². The molecule has 1 saturated heterocycles. The molecule has 1 heterocycles. The van der Waals surface area contributed by atoms with Gasteiger partial charge in [0.15, 0.2) is 5.75 Å². The summed E-state index contributed by atoms with van der Waals surface area (Å²) in [5, 5.41) is 0.928. The van der Waals surface area contributed by atoms with E-state index in [1.165, 1.54) is 6.42 Å². The van der Waals surface area contributed by atoms with Crippen LogP contribution in [0.3, 0.4) is 0 Å². The number of amides is 2. The Morgan fingerprint density at radius 2 is 2.05 bits per heavy atom. The number of urea groups is 1. The minimum atomic E-state index is -0.215. The minimum Gasteiger partial charge on any atom is -0.378 e. The van der Waals surface area contributed by atoms with Crippen LogP contribution in [-0.4, -0.2) is 23.5 Å². The molecule has 1 aliphatic rings. The number of carbonyl (C=O) groups is 1. The van der Waals surface area contributed by atoms with Crippen molar-refractivity contribution in [2.75, 3.05) is 6.54 Å². The second-order valence-electron chi connectivity index (χ2n) is 4.87. The summed E-state index contributed by atoms with van der Waals surface area (Å²) < 4.78 is 0. The maximum Gasteiger partial charge on any atom is 0.350 e. The summed E-state index contributed by atoms with van der Waals surface area (Å²) >= 11 is 11.7. The third-order valence-corrected chi connectivity index (χ3v) is 3.89. The second kappa shape index (κ2) is 7.04. The smallest absolute Gasteiger partial charge is 0.350 e. The quantitative estimate of drug-likeness (QED) is 0.846. The zero-order valence-corrected chi connectivity index (χ0v) is 12.9. The van der Waals surface area contributed by atoms with Crippen LogP contribution >= 0.6 is 23.2 Å². The number of rotatable bonds is 3. The van der Waals surface area contributed by atoms with Gasteiger partial charge < -0.3 is 9.74 Å². The van der Waals surface area contributed by atoms with Gasteiger partial charge in [-0.15, -0.1) is 0 Å². The molecule has 1 aromatic rings. The Balaban J connectivity index is 1.94. The van der Waals surface area contributed by atoms with Crippen LogP contribution in [0, 0.1) is 0 Å². The van der Waals surface area contributed by atoms with Crippen molar-refractivity contribution in [3.8, 4) is 5.75 Å². The first kappa shape index (κ1) is 15.3. The fourth-order valence-corrected chi connectivity index (χ4v) is 2.95. The molecule has 1 aromatic carbocycles. The second-order valence-corrected chi connectivity index (χ2v) is 5.74. The molecule has 0 spiro atoms. The maximum atomic E-state index is 12.1. The number of carbonyl (C=O) groups excluding carboxylic acids is 1. The molecule has 0 saturated carbocycles. The lowest BCUT2D eigenvalue weighted by Crippen LogP contribution is -2.49. The monoisotopic (exact) mass is 316 g/mol. The van der Waals surface area contributed by atoms with Crippen molar-refractivity contribution < 1.29 is 9.63 Å². The molecule has 110 valence electrons. The van der Waals surface area contributed by atoms with Gasteiger partial charge in [0.05, 0.1) is 0 Å². The van der Waals surface area contributed by atoms with E-state index in [9.17, 15) is 4.79 Å². The van der Waals surface area contributed by atoms with Gasteiger partial charge in [0.2, 0.25) is 0 Å². The largest absolute Gasteiger partial charge is 0.378 e. The molecule has 4 nitrogen and oxygen atoms in total. The van der Waals surface area contributed by atoms with Gasteiger partial charge in [0.25, 0.3) is 0 Å². The van der Waals surface area contributed by atoms with Gasteiger partial charge in [-0.2, -0.15) is 5.48 Å². The Morgan fingerprint density at radius 1 is 1.35 bits per heavy atom. The highest BCUT2D eigenvalue weighted by Crippen LogP contribution is 2.24. The van der Waals surface area contributed by atoms with E-state index in [0.717, 1.165) is 25.8 Å². The molecule has 1 aliphatic heterocycles. The summed E-state index contributed by atoms with van der Waals surface area (Å²) in [6.07, 6.45) is 4.21. The highest BCUT2D eigenvalue weighted by atomic mass is 35.5. The number of hydroxylamine groups is 1. The van der Waals surface area contributed by atoms with Crippen molar-refractivity contribution in [1.82, 2.24) is 10.4 Å². The van der Waals surface area contributed by atoms with Crippen LogP contribution in [0.15, 0.2) is 18.2 Å². The van der Waals surface area contributed by atoms with Crippen molar-refractivity contribution >= 4 is 29.2 Å². The topological polar surface area (TPSA) is 41.6 Å². The molecule has 1 unspecified atom stereocenters. The fourth-order valence-electron chi connectivity index (χ4n) is 2.44. The number of nitrogens with one attached hydrogen (secondary N) is 1. The lowest BCUT2D eigenvalue weighted by molar-refractivity contribution is 0.110. The molecule has 0 bridgehead atoms. The number of hydrogen-bond donors (Lipinski definition) is 1. The normalized spacial score (nSPS) is 18.8. The van der Waals surface area contributed by atoms with E-state index in [-0.39, 0.29) is 12.1 Å². The van der Waals surface area contributed by atoms with Crippen molar-refractivity contribution in [3.05, 3.63) is 28.2 Å². The lowest BCUT2D eigenvalue weighted by atomic mass is 10.0. The maximum absolute atomic E-state index is 12.1. The molecule has 0 aromatic heterocycles. The average molecular weight is 317 g/mol. The van der Waals surface area contributed by atoms with Gasteiger partial charge in [0.1, 0.15) is 0 Å². The van der Waals surface area contributed by atoms with Crippen molar-refractivity contribution in [2.24, 2.45) is 0 Å². The van der Waals surface area contributed by atoms with Crippen molar-refractivity contribution in [3.63, 3.8) is 0 Å². The van der Waals surface area contributed by atoms with E-state index in [2.05, 4.69) is 12.4 Å². The number of benzene rings is 1. The fraction of sp³-hybridized carbons (Fsp3) is 0.500. The SMILES string of the molecule is CCC1CCCCN1C(=O)NOc1cc(Cl)cc(Cl)c1. The van der Waals surface area contributed by atoms with E-state index in [0.29, 0.717) is 15.8 Å². The third kappa shape index (κ3) is 3.93. The number of hydrogen-bond acceptors (Lipinski definition) is 2. The van der Waals surface area contributed by atoms with E-state index in [1.54, 1.807) is 18.2 Å². The molecule has 1 fully saturated rings. The van der Waals surface area contributed by atoms with Gasteiger partial charge in [-0.05, 0) is 31.7 Å². The molecular weight excluding hydrogens is 299 g/mol. The van der Waals surface area contributed by atoms with E-state index in [1.807, 2.05) is 4.90 Å². The number of piperidine rings is 1. The van der Waals surface area contributed by atoms with Crippen molar-refractivity contribution in [2.45, 2.75) is 38.6 Å². The van der Waals surface area contributed by atoms with Crippen LogP contribution in [0.4, 0.5) is 4.79 Å². The van der Waals surface area contributed by atoms with E-state index < -0.39 is 0 Å². The molecule has 20 heavy (non-hydrogen) atoms. The predicted octanol–water partition coefficient (Wildman–Crippen LogP) is 4.26. The molecule has 6 heteroatoms. The number of halogens is 2. The minimum absolute atomic E-state index is 0.215. The standard InChI is InChI=1S/C14H18Cl2N2O2/c1-2-12-5-3-4-6-18(12)14(19)17-20-13-8-10(15)7-11(16)9-13/h7-9,12H,2-6H2,1H3,(H,17,19). The molecule has 1 N–H and O–H groups in total. The highest BCUT2D eigenvalue weighted by Gasteiger charge is 2.25. The summed E-state index contributed by atoms with van der Waals surface area (Å²) in [5.74, 6) is 0.418. The summed E-state index contributed by atoms with van der Waals surface area (Å²) in [6, 6.07) is 4.88. The molecule has 0 aliphatic carbocycles. The molecule has 0 radical (unpaired) electrons. The molecule has 2 amide bonds. The first-order valence-electron chi connectivity index (χ1n) is 6.79. The summed E-state index contributed by atoms with van der Waals surface area (Å²) in [4.78, 5) is 19.2. The van der Waals surface area contributed by atoms with Gasteiger partial charge in [-0.3, -0.25) is 0 Å². The Bertz CT molecular complexity index is 462. The van der Waals surface area contributed by atoms with Crippen LogP contribution in [0.2, 0.25) is 10.0 Å². The van der Waals surface area contributed by atoms with Crippen LogP contribution in [0.5, 0.6) is 5.75 Å². The third-order valence-electron chi connectivity index (χ3n) is 3.45. The Hall–Kier alpha value is -1.13. The summed E-state index contributed by atoms with van der Waals surface area (Å²) in [6.45, 7) is 2.86. The first-order chi connectivity index (χ1) is 9.60. The number of nitrogens with zero attached hydrogens (tertiary/aromatic N) is 1. The van der Waals surface area contributed by atoms with Gasteiger partial charge in [0, 0.05) is 34.8 Å². The molecule has 2 rings (SSSR count). The van der Waals surface area contributed by atoms with E-state index in [4.69, 9.17) is 28.0 Å². The van der Waals surface area contributed by atoms with Gasteiger partial charge >= 0.3 is 6.03 Å². The van der Waals surface area contributed by atoms with Crippen LogP contribution in [0.1, 0.15) is 32.6 Å². The van der Waals surface area contributed by atoms with Crippen LogP contribution in [-0.2, 0) is 0 Å². The number of likely N-dealkylation sites (tertiary alicyclic amines) is 1. The zero-order valence-electron chi connectivity index (χ0n) is 11.4. The highest BCUT2D eigenvalue weighted by molar-refractivity contribution is 6.34. The zero-order chi connectivity index (χ0) is 14.5. The Morgan fingerprint density at radius 3 is 2.70 bits per heavy atom. The van der Waals surface area contributed by atoms with Crippen molar-refractivity contribution in [1.29, 1.82) is 0 Å². The summed E-state index contributed by atoms with van der Waals surface area (Å²) in [5.41, 5.74) is 2.46. The predicted molar refractivity (Wildman–Crippen MR) is 80.3 cm³/mol. The van der Waals surface area contributed by atoms with Crippen LogP contribution < -0.4 is 10.3 Å². The van der Waals surface area contributed by atoms with Gasteiger partial charge in [-0.1, -0.05) is 30.1 Å². The average Bonchev–Trinajstić information content (AvgIpc) is 2.43. The first-order valence-corrected chi connectivity index (χ1v) is 7.55. The van der Waals surface area contributed by atoms with Gasteiger partial charge in [-0.25, -0.2) is 4.79 Å². The molecular formula is C14H18Cl2N2O2.